The lowest BCUT2D eigenvalue weighted by molar-refractivity contribution is 0.645. The van der Waals surface area contributed by atoms with Gasteiger partial charge in [0.25, 0.3) is 0 Å². The molecule has 0 radical (unpaired) electrons. The third kappa shape index (κ3) is 2.96. The van der Waals surface area contributed by atoms with Crippen LogP contribution in [0.2, 0.25) is 5.02 Å². The minimum absolute atomic E-state index is 0.799. The van der Waals surface area contributed by atoms with Gasteiger partial charge in [0.2, 0.25) is 0 Å². The van der Waals surface area contributed by atoms with Gasteiger partial charge in [-0.25, -0.2) is 0 Å². The zero-order chi connectivity index (χ0) is 15.8. The van der Waals surface area contributed by atoms with Crippen LogP contribution in [0.4, 0.5) is 5.69 Å². The van der Waals surface area contributed by atoms with Crippen LogP contribution in [0.25, 0.3) is 10.1 Å². The molecule has 2 aromatic carbocycles. The fourth-order valence-electron chi connectivity index (χ4n) is 3.00. The summed E-state index contributed by atoms with van der Waals surface area (Å²) in [5.74, 6) is 0. The fraction of sp³-hybridized carbons (Fsp3) is 0.222. The number of fused-ring (bicyclic) bond motifs is 2. The Bertz CT molecular complexity index is 873. The second-order valence-electron chi connectivity index (χ2n) is 5.73. The second-order valence-corrected chi connectivity index (χ2v) is 8.29. The molecule has 0 amide bonds. The van der Waals surface area contributed by atoms with Gasteiger partial charge in [0, 0.05) is 22.0 Å². The topological polar surface area (TPSA) is 24.1 Å². The normalized spacial score (nSPS) is 14.0. The van der Waals surface area contributed by atoms with E-state index in [1.54, 1.807) is 11.9 Å². The predicted octanol–water partition coefficient (Wildman–Crippen LogP) is 5.63. The van der Waals surface area contributed by atoms with Gasteiger partial charge >= 0.3 is 0 Å². The van der Waals surface area contributed by atoms with E-state index in [4.69, 9.17) is 11.6 Å². The van der Waals surface area contributed by atoms with E-state index in [1.807, 2.05) is 17.4 Å². The van der Waals surface area contributed by atoms with Crippen LogP contribution in [-0.2, 0) is 13.0 Å². The average Bonchev–Trinajstić information content (AvgIpc) is 2.89. The predicted molar refractivity (Wildman–Crippen MR) is 103 cm³/mol. The van der Waals surface area contributed by atoms with E-state index in [-0.39, 0.29) is 0 Å². The highest BCUT2D eigenvalue weighted by molar-refractivity contribution is 8.02. The standard InChI is InChI=1S/C18H17ClN2S2/c1-11-15-9-13(19)5-6-17(15)22-18(11)23-21-16-4-2-3-12-10-20-8-7-14(12)16/h2-6,9,20-21H,7-8,10H2,1H3. The van der Waals surface area contributed by atoms with E-state index in [2.05, 4.69) is 47.3 Å². The van der Waals surface area contributed by atoms with Gasteiger partial charge in [0.05, 0.1) is 4.21 Å². The fourth-order valence-corrected chi connectivity index (χ4v) is 5.31. The lowest BCUT2D eigenvalue weighted by atomic mass is 9.99. The summed E-state index contributed by atoms with van der Waals surface area (Å²) in [4.78, 5) is 0. The lowest BCUT2D eigenvalue weighted by Gasteiger charge is -2.20. The Morgan fingerprint density at radius 2 is 2.17 bits per heavy atom. The van der Waals surface area contributed by atoms with Crippen LogP contribution in [0.1, 0.15) is 16.7 Å². The third-order valence-corrected chi connectivity index (χ3v) is 6.86. The minimum Gasteiger partial charge on any atom is -0.325 e. The minimum atomic E-state index is 0.799. The van der Waals surface area contributed by atoms with Crippen LogP contribution >= 0.6 is 34.9 Å². The van der Waals surface area contributed by atoms with Gasteiger partial charge < -0.3 is 10.0 Å². The molecule has 0 saturated carbocycles. The number of benzene rings is 2. The van der Waals surface area contributed by atoms with Gasteiger partial charge in [-0.2, -0.15) is 0 Å². The summed E-state index contributed by atoms with van der Waals surface area (Å²) in [5.41, 5.74) is 5.39. The Morgan fingerprint density at radius 1 is 1.26 bits per heavy atom. The van der Waals surface area contributed by atoms with Gasteiger partial charge in [-0.3, -0.25) is 0 Å². The van der Waals surface area contributed by atoms with E-state index in [9.17, 15) is 0 Å². The molecule has 118 valence electrons. The van der Waals surface area contributed by atoms with Crippen molar-refractivity contribution in [3.8, 4) is 0 Å². The van der Waals surface area contributed by atoms with Crippen molar-refractivity contribution in [1.29, 1.82) is 0 Å². The molecule has 2 N–H and O–H groups in total. The Morgan fingerprint density at radius 3 is 3.09 bits per heavy atom. The first-order valence-corrected chi connectivity index (χ1v) is 9.66. The molecule has 0 spiro atoms. The van der Waals surface area contributed by atoms with Crippen molar-refractivity contribution < 1.29 is 0 Å². The van der Waals surface area contributed by atoms with Gasteiger partial charge in [-0.1, -0.05) is 23.7 Å². The van der Waals surface area contributed by atoms with Crippen molar-refractivity contribution in [3.63, 3.8) is 0 Å². The number of hydrogen-bond donors (Lipinski definition) is 2. The van der Waals surface area contributed by atoms with Crippen LogP contribution in [0.5, 0.6) is 0 Å². The molecule has 0 saturated heterocycles. The molecular formula is C18H17ClN2S2. The Hall–Kier alpha value is -1.20. The first-order chi connectivity index (χ1) is 11.2. The van der Waals surface area contributed by atoms with Crippen molar-refractivity contribution in [2.45, 2.75) is 24.1 Å². The zero-order valence-electron chi connectivity index (χ0n) is 12.8. The first kappa shape index (κ1) is 15.3. The molecule has 0 unspecified atom stereocenters. The first-order valence-electron chi connectivity index (χ1n) is 7.65. The molecule has 0 aliphatic carbocycles. The van der Waals surface area contributed by atoms with Crippen molar-refractivity contribution in [3.05, 3.63) is 58.1 Å². The summed E-state index contributed by atoms with van der Waals surface area (Å²) in [6.07, 6.45) is 1.08. The second kappa shape index (κ2) is 6.36. The number of thiophene rings is 1. The maximum atomic E-state index is 6.13. The third-order valence-electron chi connectivity index (χ3n) is 4.25. The summed E-state index contributed by atoms with van der Waals surface area (Å²) < 4.78 is 6.16. The SMILES string of the molecule is Cc1c(SNc2cccc3c2CCNC3)sc2ccc(Cl)cc12. The van der Waals surface area contributed by atoms with Crippen LogP contribution in [0, 0.1) is 6.92 Å². The van der Waals surface area contributed by atoms with Crippen LogP contribution in [0.3, 0.4) is 0 Å². The number of hydrogen-bond acceptors (Lipinski definition) is 4. The van der Waals surface area contributed by atoms with E-state index in [1.165, 1.54) is 36.7 Å². The summed E-state index contributed by atoms with van der Waals surface area (Å²) in [5, 5.41) is 5.48. The molecule has 0 fully saturated rings. The molecule has 1 aliphatic heterocycles. The molecule has 1 aliphatic rings. The van der Waals surface area contributed by atoms with Gasteiger partial charge in [0.15, 0.2) is 0 Å². The molecule has 0 atom stereocenters. The van der Waals surface area contributed by atoms with Crippen LogP contribution < -0.4 is 10.0 Å². The summed E-state index contributed by atoms with van der Waals surface area (Å²) in [6, 6.07) is 12.6. The molecule has 2 heterocycles. The van der Waals surface area contributed by atoms with E-state index < -0.39 is 0 Å². The molecule has 0 bridgehead atoms. The number of rotatable bonds is 3. The largest absolute Gasteiger partial charge is 0.325 e. The lowest BCUT2D eigenvalue weighted by Crippen LogP contribution is -2.24. The average molecular weight is 361 g/mol. The van der Waals surface area contributed by atoms with E-state index in [0.29, 0.717) is 0 Å². The van der Waals surface area contributed by atoms with E-state index >= 15 is 0 Å². The Balaban J connectivity index is 1.61. The molecule has 4 rings (SSSR count). The number of anilines is 1. The van der Waals surface area contributed by atoms with Crippen molar-refractivity contribution in [2.75, 3.05) is 11.3 Å². The zero-order valence-corrected chi connectivity index (χ0v) is 15.2. The van der Waals surface area contributed by atoms with Gasteiger partial charge in [-0.15, -0.1) is 11.3 Å². The summed E-state index contributed by atoms with van der Waals surface area (Å²) >= 11 is 9.66. The molecule has 5 heteroatoms. The van der Waals surface area contributed by atoms with Gasteiger partial charge in [-0.05, 0) is 78.2 Å². The van der Waals surface area contributed by atoms with Crippen molar-refractivity contribution in [1.82, 2.24) is 5.32 Å². The number of aryl methyl sites for hydroxylation is 1. The van der Waals surface area contributed by atoms with Crippen LogP contribution in [-0.4, -0.2) is 6.54 Å². The van der Waals surface area contributed by atoms with E-state index in [0.717, 1.165) is 24.5 Å². The molecule has 3 aromatic rings. The smallest absolute Gasteiger partial charge is 0.0849 e. The molecule has 2 nitrogen and oxygen atoms in total. The van der Waals surface area contributed by atoms with Crippen LogP contribution in [0.15, 0.2) is 40.6 Å². The summed E-state index contributed by atoms with van der Waals surface area (Å²) in [6.45, 7) is 4.19. The number of nitrogens with one attached hydrogen (secondary N) is 2. The Kier molecular flexibility index (Phi) is 4.24. The quantitative estimate of drug-likeness (QED) is 0.592. The van der Waals surface area contributed by atoms with Crippen molar-refractivity contribution >= 4 is 50.7 Å². The Labute approximate surface area is 149 Å². The highest BCUT2D eigenvalue weighted by Crippen LogP contribution is 2.39. The molecule has 23 heavy (non-hydrogen) atoms. The van der Waals surface area contributed by atoms with Gasteiger partial charge in [0.1, 0.15) is 0 Å². The monoisotopic (exact) mass is 360 g/mol. The van der Waals surface area contributed by atoms with Crippen molar-refractivity contribution in [2.24, 2.45) is 0 Å². The maximum absolute atomic E-state index is 6.13. The maximum Gasteiger partial charge on any atom is 0.0849 e. The molecule has 1 aromatic heterocycles. The summed E-state index contributed by atoms with van der Waals surface area (Å²) in [7, 11) is 0. The number of halogens is 1. The molecular weight excluding hydrogens is 344 g/mol. The highest BCUT2D eigenvalue weighted by Gasteiger charge is 2.14. The highest BCUT2D eigenvalue weighted by atomic mass is 35.5.